The fraction of sp³-hybridized carbons (Fsp3) is 0.490. The number of hydrogen-bond donors (Lipinski definition) is 2. The molecule has 27 heteroatoms. The van der Waals surface area contributed by atoms with Crippen LogP contribution in [0.5, 0.6) is 11.8 Å². The number of carbonyl (C=O) groups excluding carboxylic acids is 6. The number of esters is 5. The first-order chi connectivity index (χ1) is 34.9. The molecular formula is C51H72IN6O17Rh2Si-. The summed E-state index contributed by atoms with van der Waals surface area (Å²) < 4.78 is 28.5. The fourth-order valence-electron chi connectivity index (χ4n) is 7.48. The molecule has 3 heterocycles. The minimum absolute atomic E-state index is 0. The van der Waals surface area contributed by atoms with Crippen molar-refractivity contribution in [2.45, 2.75) is 106 Å². The molecule has 2 fully saturated rings. The molecule has 6 atom stereocenters. The zero-order valence-electron chi connectivity index (χ0n) is 45.8. The van der Waals surface area contributed by atoms with Crippen LogP contribution in [-0.2, 0) is 111 Å². The molecule has 0 aliphatic heterocycles. The van der Waals surface area contributed by atoms with E-state index in [1.54, 1.807) is 39.5 Å². The molecule has 0 aromatic carbocycles. The molecule has 6 N–H and O–H groups in total. The number of carboxylic acids is 1. The molecule has 3 aromatic rings. The van der Waals surface area contributed by atoms with Gasteiger partial charge in [0.2, 0.25) is 17.3 Å². The molecule has 3 aromatic heterocycles. The van der Waals surface area contributed by atoms with E-state index >= 15 is 0 Å². The van der Waals surface area contributed by atoms with Crippen molar-refractivity contribution in [1.29, 1.82) is 5.26 Å². The molecule has 5 aliphatic rings. The number of hydrogen-bond acceptors (Lipinski definition) is 17. The number of nitriles is 1. The van der Waals surface area contributed by atoms with Crippen molar-refractivity contribution in [2.24, 2.45) is 23.7 Å². The zero-order chi connectivity index (χ0) is 56.7. The molecule has 2 radical (unpaired) electrons. The number of aromatic amines is 1. The monoisotopic (exact) mass is 1400 g/mol. The topological polar surface area (TPSA) is 377 Å². The van der Waals surface area contributed by atoms with Gasteiger partial charge in [-0.3, -0.25) is 35.1 Å². The van der Waals surface area contributed by atoms with E-state index in [1.165, 1.54) is 56.2 Å². The Balaban J connectivity index is -0.000000271. The molecule has 2 saturated carbocycles. The summed E-state index contributed by atoms with van der Waals surface area (Å²) in [5.74, 6) is 0.130. The number of allylic oxidation sites excluding steroid dienone is 1. The average Bonchev–Trinajstić information content (AvgIpc) is 3.97. The van der Waals surface area contributed by atoms with Crippen molar-refractivity contribution in [3.63, 3.8) is 0 Å². The SMILES string of the molecule is CC#N.CC(=O)O.CC(=O)OC(C)=O.CCOC(=O)C1C2Cc3cc(=O)[nH]cc3C21.CCOC(=O)C1C2Cc3cc(OC)ncc3C21.CCOC(=O)C=[N+]=[N-].COc1cc2c(cn1)C=CC2.C[C-]=O.C[Si](C)(C)I.O.O.[Rh].[Rh]. The number of halogens is 1. The Morgan fingerprint density at radius 2 is 1.23 bits per heavy atom. The third-order valence-electron chi connectivity index (χ3n) is 9.92. The summed E-state index contributed by atoms with van der Waals surface area (Å²) in [7, 11) is 3.25. The van der Waals surface area contributed by atoms with Crippen LogP contribution in [0.15, 0.2) is 47.7 Å². The first kappa shape index (κ1) is 81.1. The number of aromatic nitrogens is 3. The van der Waals surface area contributed by atoms with Gasteiger partial charge in [-0.15, -0.1) is 21.8 Å². The Bertz CT molecular complexity index is 2530. The van der Waals surface area contributed by atoms with E-state index in [2.05, 4.69) is 82.8 Å². The van der Waals surface area contributed by atoms with E-state index in [0.29, 0.717) is 55.5 Å². The second-order valence-corrected chi connectivity index (χ2v) is 30.5. The molecular weight excluding hydrogens is 1330 g/mol. The van der Waals surface area contributed by atoms with E-state index < -0.39 is 29.4 Å². The number of carbonyl (C=O) groups is 6. The Morgan fingerprint density at radius 3 is 1.62 bits per heavy atom. The summed E-state index contributed by atoms with van der Waals surface area (Å²) in [6, 6.07) is 7.35. The molecule has 5 aliphatic carbocycles. The maximum absolute atomic E-state index is 11.7. The molecule has 6 unspecified atom stereocenters. The van der Waals surface area contributed by atoms with Crippen LogP contribution in [0.4, 0.5) is 0 Å². The third-order valence-corrected chi connectivity index (χ3v) is 9.92. The van der Waals surface area contributed by atoms with Gasteiger partial charge >= 0.3 is 36.1 Å². The van der Waals surface area contributed by atoms with Crippen LogP contribution < -0.4 is 15.0 Å². The van der Waals surface area contributed by atoms with Crippen LogP contribution in [0.1, 0.15) is 101 Å². The first-order valence-corrected chi connectivity index (χ1v) is 29.8. The van der Waals surface area contributed by atoms with Crippen LogP contribution in [0.2, 0.25) is 19.6 Å². The molecule has 0 spiro atoms. The predicted molar refractivity (Wildman–Crippen MR) is 291 cm³/mol. The van der Waals surface area contributed by atoms with E-state index in [4.69, 9.17) is 44.4 Å². The number of ether oxygens (including phenoxy) is 6. The summed E-state index contributed by atoms with van der Waals surface area (Å²) in [5.41, 5.74) is 14.2. The summed E-state index contributed by atoms with van der Waals surface area (Å²) in [5, 5.41) is 14.7. The standard InChI is InChI=1S/C13H15NO3.C12H13NO3.C9H9NO.C4H6N2O2.C4H6O3.C3H9ISi.C2H3N.C2H4O2.C2H3O.2H2O.2Rh/c1-3-17-13(15)12-8-4-7-5-10(16-2)14-6-9(7)11(8)12;1-2-16-12(15)11-7-3-6-4-9(14)13-5-8(6)10(7)11;1-11-9-5-7-3-2-4-8(7)6-10-9;1-2-8-4(7)3-6-5;1-3(5)7-4(2)6;1-5(2,3)4;1-2-3;1-2(3)4;1-2-3;;;;/h5-6,8,11-12H,3-4H2,1-2H3;4-5,7,10-11H,2-3H2,1H3,(H,13,14);2,4-6H,3H2,1H3;3H,2H2,1H3;1-2H3;1-3H3;1H3;1H3,(H,3,4);1H3;2*1H2;;/q;;;;;;;;-1;;;;. The number of pyridine rings is 3. The summed E-state index contributed by atoms with van der Waals surface area (Å²) in [4.78, 5) is 95.3. The number of aliphatic carboxylic acids is 1. The van der Waals surface area contributed by atoms with E-state index in [9.17, 15) is 28.8 Å². The van der Waals surface area contributed by atoms with Crippen LogP contribution >= 0.6 is 21.8 Å². The minimum Gasteiger partial charge on any atom is -0.542 e. The van der Waals surface area contributed by atoms with Crippen molar-refractivity contribution < 1.29 is 122 Å². The summed E-state index contributed by atoms with van der Waals surface area (Å²) in [6.45, 7) is 19.7. The number of H-pyrrole nitrogens is 1. The molecule has 0 saturated heterocycles. The molecule has 23 nitrogen and oxygen atoms in total. The van der Waals surface area contributed by atoms with Crippen molar-refractivity contribution in [2.75, 3.05) is 34.0 Å². The maximum Gasteiger partial charge on any atom is 0.413 e. The van der Waals surface area contributed by atoms with Crippen molar-refractivity contribution >= 4 is 81.8 Å². The number of rotatable bonds is 8. The van der Waals surface area contributed by atoms with Gasteiger partial charge in [0.05, 0.1) is 51.9 Å². The predicted octanol–water partition coefficient (Wildman–Crippen LogP) is 5.31. The molecule has 0 bridgehead atoms. The maximum atomic E-state index is 11.7. The number of methoxy groups -OCH3 is 2. The van der Waals surface area contributed by atoms with E-state index in [0.717, 1.165) is 37.3 Å². The Hall–Kier alpha value is -5.74. The van der Waals surface area contributed by atoms with Gasteiger partial charge in [-0.1, -0.05) is 31.8 Å². The molecule has 8 rings (SSSR count). The van der Waals surface area contributed by atoms with Gasteiger partial charge < -0.3 is 59.8 Å². The fourth-order valence-corrected chi connectivity index (χ4v) is 7.48. The van der Waals surface area contributed by atoms with Crippen LogP contribution in [-0.4, -0.2) is 124 Å². The normalized spacial score (nSPS) is 16.8. The Morgan fingerprint density at radius 1 is 0.833 bits per heavy atom. The van der Waals surface area contributed by atoms with Crippen LogP contribution in [0, 0.1) is 35.0 Å². The second-order valence-electron chi connectivity index (χ2n) is 16.7. The first-order valence-electron chi connectivity index (χ1n) is 23.2. The Kier molecular flexibility index (Phi) is 44.9. The van der Waals surface area contributed by atoms with Gasteiger partial charge in [0.1, 0.15) is 5.57 Å². The Labute approximate surface area is 494 Å². The molecule has 0 amide bonds. The number of carboxylic acid groups (broad SMARTS) is 1. The van der Waals surface area contributed by atoms with Gasteiger partial charge in [-0.05, 0) is 85.3 Å². The summed E-state index contributed by atoms with van der Waals surface area (Å²) >= 11 is 2.52. The average molecular weight is 1400 g/mol. The quantitative estimate of drug-likeness (QED) is 0.0276. The van der Waals surface area contributed by atoms with Gasteiger partial charge in [-0.25, -0.2) is 14.8 Å². The van der Waals surface area contributed by atoms with E-state index in [1.807, 2.05) is 38.4 Å². The molecule has 78 heavy (non-hydrogen) atoms. The molecule has 438 valence electrons. The van der Waals surface area contributed by atoms with Crippen molar-refractivity contribution in [3.05, 3.63) is 92.1 Å². The zero-order valence-corrected chi connectivity index (χ0v) is 52.3. The van der Waals surface area contributed by atoms with Crippen molar-refractivity contribution in [1.82, 2.24) is 15.0 Å². The van der Waals surface area contributed by atoms with Gasteiger partial charge in [0.15, 0.2) is 0 Å². The number of fused-ring (bicyclic) bond motifs is 7. The smallest absolute Gasteiger partial charge is 0.413 e. The second kappa shape index (κ2) is 43.2. The van der Waals surface area contributed by atoms with Crippen molar-refractivity contribution in [3.8, 4) is 17.8 Å². The van der Waals surface area contributed by atoms with Gasteiger partial charge in [-0.2, -0.15) is 17.0 Å². The number of nitrogens with one attached hydrogen (secondary N) is 1. The summed E-state index contributed by atoms with van der Waals surface area (Å²) in [6.07, 6.45) is 14.7. The minimum atomic E-state index is -0.833. The largest absolute Gasteiger partial charge is 0.542 e. The third kappa shape index (κ3) is 31.6. The van der Waals surface area contributed by atoms with Crippen LogP contribution in [0.3, 0.4) is 0 Å². The van der Waals surface area contributed by atoms with Gasteiger partial charge in [0.25, 0.3) is 5.97 Å². The van der Waals surface area contributed by atoms with Crippen LogP contribution in [0.25, 0.3) is 11.6 Å². The number of nitrogens with zero attached hydrogens (tertiary/aromatic N) is 5. The van der Waals surface area contributed by atoms with Gasteiger partial charge in [0, 0.05) is 115 Å². The van der Waals surface area contributed by atoms with E-state index in [-0.39, 0.29) is 85.2 Å².